The lowest BCUT2D eigenvalue weighted by molar-refractivity contribution is 0.444. The monoisotopic (exact) mass is 187 g/mol. The molecule has 0 heterocycles. The minimum Gasteiger partial charge on any atom is -0.321 e. The summed E-state index contributed by atoms with van der Waals surface area (Å²) in [4.78, 5) is 0. The van der Waals surface area contributed by atoms with Crippen LogP contribution in [-0.4, -0.2) is 0 Å². The van der Waals surface area contributed by atoms with E-state index in [9.17, 15) is 13.2 Å². The average molecular weight is 187 g/mol. The van der Waals surface area contributed by atoms with Crippen LogP contribution in [0.2, 0.25) is 0 Å². The highest BCUT2D eigenvalue weighted by Gasteiger charge is 2.12. The normalized spacial score (nSPS) is 12.6. The molecule has 2 N–H and O–H groups in total. The molecule has 1 nitrogen and oxygen atoms in total. The molecule has 0 aliphatic carbocycles. The van der Waals surface area contributed by atoms with Crippen LogP contribution in [0.5, 0.6) is 0 Å². The van der Waals surface area contributed by atoms with Crippen LogP contribution in [0.15, 0.2) is 24.8 Å². The molecular weight excluding hydrogens is 179 g/mol. The van der Waals surface area contributed by atoms with E-state index in [1.54, 1.807) is 0 Å². The fourth-order valence-electron chi connectivity index (χ4n) is 0.904. The minimum atomic E-state index is -1.49. The van der Waals surface area contributed by atoms with E-state index in [4.69, 9.17) is 5.73 Å². The van der Waals surface area contributed by atoms with Crippen LogP contribution in [0.4, 0.5) is 13.2 Å². The third kappa shape index (κ3) is 1.89. The van der Waals surface area contributed by atoms with Crippen LogP contribution in [0.25, 0.3) is 0 Å². The van der Waals surface area contributed by atoms with Gasteiger partial charge in [-0.05, 0) is 17.7 Å². The Labute approximate surface area is 73.7 Å². The van der Waals surface area contributed by atoms with Gasteiger partial charge in [-0.15, -0.1) is 6.58 Å². The smallest absolute Gasteiger partial charge is 0.194 e. The van der Waals surface area contributed by atoms with E-state index in [-0.39, 0.29) is 5.56 Å². The van der Waals surface area contributed by atoms with Crippen molar-refractivity contribution >= 4 is 0 Å². The molecule has 0 saturated carbocycles. The van der Waals surface area contributed by atoms with Crippen LogP contribution in [0.3, 0.4) is 0 Å². The van der Waals surface area contributed by atoms with E-state index in [0.29, 0.717) is 0 Å². The zero-order valence-electron chi connectivity index (χ0n) is 6.73. The average Bonchev–Trinajstić information content (AvgIpc) is 2.12. The maximum absolute atomic E-state index is 12.6. The van der Waals surface area contributed by atoms with Crippen molar-refractivity contribution in [1.29, 1.82) is 0 Å². The molecule has 0 amide bonds. The van der Waals surface area contributed by atoms with Gasteiger partial charge in [-0.1, -0.05) is 6.08 Å². The Bertz CT molecular complexity index is 313. The summed E-state index contributed by atoms with van der Waals surface area (Å²) in [6.07, 6.45) is 1.31. The molecule has 4 heteroatoms. The fraction of sp³-hybridized carbons (Fsp3) is 0.111. The molecule has 1 aromatic carbocycles. The predicted octanol–water partition coefficient (Wildman–Crippen LogP) is 2.29. The maximum atomic E-state index is 12.6. The first-order chi connectivity index (χ1) is 6.06. The first kappa shape index (κ1) is 9.80. The van der Waals surface area contributed by atoms with Gasteiger partial charge >= 0.3 is 0 Å². The van der Waals surface area contributed by atoms with Crippen LogP contribution >= 0.6 is 0 Å². The summed E-state index contributed by atoms with van der Waals surface area (Å²) < 4.78 is 37.7. The molecule has 0 aromatic heterocycles. The van der Waals surface area contributed by atoms with Crippen molar-refractivity contribution in [1.82, 2.24) is 0 Å². The van der Waals surface area contributed by atoms with Gasteiger partial charge in [0, 0.05) is 6.04 Å². The molecule has 1 atom stereocenters. The molecule has 0 saturated heterocycles. The highest BCUT2D eigenvalue weighted by Crippen LogP contribution is 2.18. The Morgan fingerprint density at radius 3 is 2.08 bits per heavy atom. The van der Waals surface area contributed by atoms with Crippen molar-refractivity contribution in [3.63, 3.8) is 0 Å². The standard InChI is InChI=1S/C9H8F3N/c1-2-8(13)5-3-6(10)9(12)7(11)4-5/h2-4,8H,1,13H2/t8-/m0/s1. The molecule has 70 valence electrons. The van der Waals surface area contributed by atoms with Crippen molar-refractivity contribution in [2.75, 3.05) is 0 Å². The van der Waals surface area contributed by atoms with Gasteiger partial charge < -0.3 is 5.73 Å². The summed E-state index contributed by atoms with van der Waals surface area (Å²) in [5.41, 5.74) is 5.57. The number of nitrogens with two attached hydrogens (primary N) is 1. The maximum Gasteiger partial charge on any atom is 0.194 e. The van der Waals surface area contributed by atoms with Gasteiger partial charge in [0.25, 0.3) is 0 Å². The summed E-state index contributed by atoms with van der Waals surface area (Å²) in [6.45, 7) is 3.36. The van der Waals surface area contributed by atoms with Crippen molar-refractivity contribution < 1.29 is 13.2 Å². The van der Waals surface area contributed by atoms with E-state index in [1.165, 1.54) is 6.08 Å². The van der Waals surface area contributed by atoms with Gasteiger partial charge in [-0.3, -0.25) is 0 Å². The number of rotatable bonds is 2. The van der Waals surface area contributed by atoms with Gasteiger partial charge in [-0.25, -0.2) is 13.2 Å². The topological polar surface area (TPSA) is 26.0 Å². The Morgan fingerprint density at radius 1 is 1.23 bits per heavy atom. The van der Waals surface area contributed by atoms with Gasteiger partial charge in [0.1, 0.15) is 0 Å². The molecule has 0 aliphatic rings. The van der Waals surface area contributed by atoms with Crippen molar-refractivity contribution in [3.8, 4) is 0 Å². The largest absolute Gasteiger partial charge is 0.321 e. The van der Waals surface area contributed by atoms with Crippen molar-refractivity contribution in [3.05, 3.63) is 47.8 Å². The lowest BCUT2D eigenvalue weighted by Gasteiger charge is -2.06. The highest BCUT2D eigenvalue weighted by atomic mass is 19.2. The van der Waals surface area contributed by atoms with E-state index >= 15 is 0 Å². The van der Waals surface area contributed by atoms with Gasteiger partial charge in [0.2, 0.25) is 0 Å². The lowest BCUT2D eigenvalue weighted by Crippen LogP contribution is -2.08. The summed E-state index contributed by atoms with van der Waals surface area (Å²) in [5.74, 6) is -3.97. The summed E-state index contributed by atoms with van der Waals surface area (Å²) >= 11 is 0. The third-order valence-corrected chi connectivity index (χ3v) is 1.64. The lowest BCUT2D eigenvalue weighted by atomic mass is 10.1. The Hall–Kier alpha value is -1.29. The van der Waals surface area contributed by atoms with Crippen molar-refractivity contribution in [2.45, 2.75) is 6.04 Å². The molecule has 0 aliphatic heterocycles. The van der Waals surface area contributed by atoms with Gasteiger partial charge in [-0.2, -0.15) is 0 Å². The zero-order chi connectivity index (χ0) is 10.0. The number of benzene rings is 1. The summed E-state index contributed by atoms with van der Waals surface area (Å²) in [7, 11) is 0. The molecule has 1 aromatic rings. The second-order valence-corrected chi connectivity index (χ2v) is 2.56. The number of halogens is 3. The van der Waals surface area contributed by atoms with E-state index in [1.807, 2.05) is 0 Å². The fourth-order valence-corrected chi connectivity index (χ4v) is 0.904. The first-order valence-electron chi connectivity index (χ1n) is 3.59. The van der Waals surface area contributed by atoms with Gasteiger partial charge in [0.05, 0.1) is 0 Å². The molecule has 0 unspecified atom stereocenters. The predicted molar refractivity (Wildman–Crippen MR) is 43.4 cm³/mol. The van der Waals surface area contributed by atoms with Gasteiger partial charge in [0.15, 0.2) is 17.5 Å². The molecule has 0 fully saturated rings. The molecular formula is C9H8F3N. The zero-order valence-corrected chi connectivity index (χ0v) is 6.73. The van der Waals surface area contributed by atoms with E-state index in [0.717, 1.165) is 12.1 Å². The number of hydrogen-bond acceptors (Lipinski definition) is 1. The summed E-state index contributed by atoms with van der Waals surface area (Å²) in [5, 5.41) is 0. The van der Waals surface area contributed by atoms with Crippen LogP contribution in [-0.2, 0) is 0 Å². The van der Waals surface area contributed by atoms with Crippen molar-refractivity contribution in [2.24, 2.45) is 5.73 Å². The first-order valence-corrected chi connectivity index (χ1v) is 3.59. The molecule has 0 radical (unpaired) electrons. The minimum absolute atomic E-state index is 0.159. The van der Waals surface area contributed by atoms with E-state index in [2.05, 4.69) is 6.58 Å². The molecule has 0 spiro atoms. The second-order valence-electron chi connectivity index (χ2n) is 2.56. The Morgan fingerprint density at radius 2 is 1.69 bits per heavy atom. The number of hydrogen-bond donors (Lipinski definition) is 1. The summed E-state index contributed by atoms with van der Waals surface area (Å²) in [6, 6.07) is 1.01. The van der Waals surface area contributed by atoms with E-state index < -0.39 is 23.5 Å². The molecule has 0 bridgehead atoms. The second kappa shape index (κ2) is 3.62. The molecule has 13 heavy (non-hydrogen) atoms. The SMILES string of the molecule is C=C[C@H](N)c1cc(F)c(F)c(F)c1. The quantitative estimate of drug-likeness (QED) is 0.558. The van der Waals surface area contributed by atoms with Crippen LogP contribution in [0, 0.1) is 17.5 Å². The van der Waals surface area contributed by atoms with Crippen LogP contribution in [0.1, 0.15) is 11.6 Å². The molecule has 1 rings (SSSR count). The highest BCUT2D eigenvalue weighted by molar-refractivity contribution is 5.24. The third-order valence-electron chi connectivity index (χ3n) is 1.64. The Balaban J connectivity index is 3.20. The Kier molecular flexibility index (Phi) is 2.72. The van der Waals surface area contributed by atoms with Crippen LogP contribution < -0.4 is 5.73 Å².